The number of fused-ring (bicyclic) bond motifs is 2. The molecule has 0 bridgehead atoms. The summed E-state index contributed by atoms with van der Waals surface area (Å²) in [5, 5.41) is 8.65. The lowest BCUT2D eigenvalue weighted by atomic mass is 10.1. The first-order valence-electron chi connectivity index (χ1n) is 11.1. The monoisotopic (exact) mass is 452 g/mol. The van der Waals surface area contributed by atoms with Crippen LogP contribution in [0.15, 0.2) is 65.6 Å². The molecule has 8 heteroatoms. The van der Waals surface area contributed by atoms with Gasteiger partial charge in [0.25, 0.3) is 5.56 Å². The number of hydrogen-bond acceptors (Lipinski definition) is 5. The standard InChI is InChI=1S/C26H24N6O2/c1-16-8-10-19(11-9-16)32-25-21(15-27-32)26(34)31(18(3)29-25)13-12-24(33)30-23-14-17(2)28-22-7-5-4-6-20(22)23/h4-11,14-15H,12-13H2,1-3H3,(H,28,30,33). The van der Waals surface area contributed by atoms with Crippen LogP contribution in [0.1, 0.15) is 23.5 Å². The molecule has 3 heterocycles. The van der Waals surface area contributed by atoms with Crippen molar-refractivity contribution in [2.24, 2.45) is 0 Å². The van der Waals surface area contributed by atoms with E-state index in [4.69, 9.17) is 0 Å². The predicted molar refractivity (Wildman–Crippen MR) is 132 cm³/mol. The predicted octanol–water partition coefficient (Wildman–Crippen LogP) is 4.08. The molecule has 8 nitrogen and oxygen atoms in total. The highest BCUT2D eigenvalue weighted by molar-refractivity contribution is 6.01. The van der Waals surface area contributed by atoms with Crippen LogP contribution >= 0.6 is 0 Å². The van der Waals surface area contributed by atoms with Gasteiger partial charge in [0.1, 0.15) is 11.2 Å². The number of pyridine rings is 1. The maximum atomic E-state index is 13.2. The number of nitrogens with zero attached hydrogens (tertiary/aromatic N) is 5. The van der Waals surface area contributed by atoms with Crippen molar-refractivity contribution in [3.63, 3.8) is 0 Å². The van der Waals surface area contributed by atoms with E-state index in [-0.39, 0.29) is 24.4 Å². The maximum absolute atomic E-state index is 13.2. The third-order valence-corrected chi connectivity index (χ3v) is 5.84. The van der Waals surface area contributed by atoms with E-state index in [1.54, 1.807) is 11.6 Å². The lowest BCUT2D eigenvalue weighted by Crippen LogP contribution is -2.26. The Kier molecular flexibility index (Phi) is 5.41. The van der Waals surface area contributed by atoms with Crippen LogP contribution in [0, 0.1) is 20.8 Å². The second kappa shape index (κ2) is 8.55. The van der Waals surface area contributed by atoms with Crippen molar-refractivity contribution in [3.05, 3.63) is 88.2 Å². The van der Waals surface area contributed by atoms with Crippen LogP contribution in [0.5, 0.6) is 0 Å². The Morgan fingerprint density at radius 2 is 1.74 bits per heavy atom. The summed E-state index contributed by atoms with van der Waals surface area (Å²) in [5.74, 6) is 0.349. The molecule has 0 aliphatic carbocycles. The molecule has 0 saturated heterocycles. The van der Waals surface area contributed by atoms with E-state index in [0.717, 1.165) is 27.8 Å². The Morgan fingerprint density at radius 1 is 0.971 bits per heavy atom. The fourth-order valence-corrected chi connectivity index (χ4v) is 4.08. The van der Waals surface area contributed by atoms with Crippen LogP contribution in [-0.4, -0.2) is 30.2 Å². The van der Waals surface area contributed by atoms with Crippen molar-refractivity contribution in [2.75, 3.05) is 5.32 Å². The van der Waals surface area contributed by atoms with Gasteiger partial charge in [0.2, 0.25) is 5.91 Å². The topological polar surface area (TPSA) is 94.7 Å². The van der Waals surface area contributed by atoms with E-state index >= 15 is 0 Å². The van der Waals surface area contributed by atoms with E-state index in [9.17, 15) is 9.59 Å². The van der Waals surface area contributed by atoms with Crippen LogP contribution in [-0.2, 0) is 11.3 Å². The molecule has 1 amide bonds. The molecule has 0 fully saturated rings. The van der Waals surface area contributed by atoms with Gasteiger partial charge in [-0.15, -0.1) is 0 Å². The highest BCUT2D eigenvalue weighted by atomic mass is 16.2. The molecule has 3 aromatic heterocycles. The van der Waals surface area contributed by atoms with Gasteiger partial charge in [-0.25, -0.2) is 9.67 Å². The molecule has 2 aromatic carbocycles. The summed E-state index contributed by atoms with van der Waals surface area (Å²) >= 11 is 0. The van der Waals surface area contributed by atoms with Crippen LogP contribution in [0.2, 0.25) is 0 Å². The number of carbonyl (C=O) groups is 1. The van der Waals surface area contributed by atoms with Gasteiger partial charge in [0, 0.05) is 24.0 Å². The average molecular weight is 453 g/mol. The van der Waals surface area contributed by atoms with Crippen molar-refractivity contribution in [3.8, 4) is 5.69 Å². The van der Waals surface area contributed by atoms with Crippen LogP contribution in [0.3, 0.4) is 0 Å². The molecule has 5 aromatic rings. The molecule has 0 radical (unpaired) electrons. The van der Waals surface area contributed by atoms with Crippen molar-refractivity contribution in [1.29, 1.82) is 0 Å². The number of aryl methyl sites for hydroxylation is 3. The average Bonchev–Trinajstić information content (AvgIpc) is 3.23. The van der Waals surface area contributed by atoms with Gasteiger partial charge in [-0.2, -0.15) is 5.10 Å². The molecule has 0 spiro atoms. The first kappa shape index (κ1) is 21.5. The zero-order valence-corrected chi connectivity index (χ0v) is 19.2. The van der Waals surface area contributed by atoms with E-state index in [1.165, 1.54) is 10.8 Å². The summed E-state index contributed by atoms with van der Waals surface area (Å²) < 4.78 is 3.19. The Hall–Kier alpha value is -4.33. The van der Waals surface area contributed by atoms with Gasteiger partial charge in [0.15, 0.2) is 5.65 Å². The Bertz CT molecular complexity index is 1600. The zero-order valence-electron chi connectivity index (χ0n) is 19.2. The highest BCUT2D eigenvalue weighted by Crippen LogP contribution is 2.23. The lowest BCUT2D eigenvalue weighted by Gasteiger charge is -2.12. The van der Waals surface area contributed by atoms with Gasteiger partial charge in [0.05, 0.1) is 23.1 Å². The minimum Gasteiger partial charge on any atom is -0.325 e. The maximum Gasteiger partial charge on any atom is 0.264 e. The van der Waals surface area contributed by atoms with Crippen molar-refractivity contribution in [1.82, 2.24) is 24.3 Å². The highest BCUT2D eigenvalue weighted by Gasteiger charge is 2.15. The summed E-state index contributed by atoms with van der Waals surface area (Å²) in [4.78, 5) is 35.1. The molecule has 170 valence electrons. The fraction of sp³-hybridized carbons (Fsp3) is 0.192. The zero-order chi connectivity index (χ0) is 23.8. The van der Waals surface area contributed by atoms with Gasteiger partial charge in [-0.3, -0.25) is 19.1 Å². The minimum atomic E-state index is -0.209. The number of carbonyl (C=O) groups excluding carboxylic acids is 1. The van der Waals surface area contributed by atoms with Gasteiger partial charge < -0.3 is 5.32 Å². The summed E-state index contributed by atoms with van der Waals surface area (Å²) in [6.45, 7) is 5.89. The number of hydrogen-bond donors (Lipinski definition) is 1. The number of aromatic nitrogens is 5. The molecule has 1 N–H and O–H groups in total. The first-order chi connectivity index (χ1) is 16.4. The Labute approximate surface area is 195 Å². The minimum absolute atomic E-state index is 0.135. The first-order valence-corrected chi connectivity index (χ1v) is 11.1. The lowest BCUT2D eigenvalue weighted by molar-refractivity contribution is -0.116. The quantitative estimate of drug-likeness (QED) is 0.434. The number of rotatable bonds is 5. The molecular formula is C26H24N6O2. The summed E-state index contributed by atoms with van der Waals surface area (Å²) in [6.07, 6.45) is 1.67. The van der Waals surface area contributed by atoms with Gasteiger partial charge in [-0.05, 0) is 45.0 Å². The molecule has 0 atom stereocenters. The largest absolute Gasteiger partial charge is 0.325 e. The fourth-order valence-electron chi connectivity index (χ4n) is 4.08. The summed E-state index contributed by atoms with van der Waals surface area (Å²) in [6, 6.07) is 17.4. The summed E-state index contributed by atoms with van der Waals surface area (Å²) in [5.41, 5.74) is 4.63. The number of benzene rings is 2. The van der Waals surface area contributed by atoms with E-state index in [2.05, 4.69) is 20.4 Å². The Morgan fingerprint density at radius 3 is 2.53 bits per heavy atom. The normalized spacial score (nSPS) is 11.3. The number of nitrogens with one attached hydrogen (secondary N) is 1. The smallest absolute Gasteiger partial charge is 0.264 e. The van der Waals surface area contributed by atoms with Crippen LogP contribution in [0.4, 0.5) is 5.69 Å². The Balaban J connectivity index is 1.39. The molecular weight excluding hydrogens is 428 g/mol. The van der Waals surface area contributed by atoms with E-state index < -0.39 is 0 Å². The third-order valence-electron chi connectivity index (χ3n) is 5.84. The van der Waals surface area contributed by atoms with Gasteiger partial charge in [-0.1, -0.05) is 35.9 Å². The number of amides is 1. The van der Waals surface area contributed by atoms with E-state index in [1.807, 2.05) is 68.4 Å². The summed E-state index contributed by atoms with van der Waals surface area (Å²) in [7, 11) is 0. The second-order valence-corrected chi connectivity index (χ2v) is 8.37. The third kappa shape index (κ3) is 3.94. The van der Waals surface area contributed by atoms with Crippen LogP contribution < -0.4 is 10.9 Å². The molecule has 34 heavy (non-hydrogen) atoms. The van der Waals surface area contributed by atoms with Crippen molar-refractivity contribution < 1.29 is 4.79 Å². The van der Waals surface area contributed by atoms with Crippen molar-refractivity contribution >= 4 is 33.5 Å². The molecule has 0 unspecified atom stereocenters. The SMILES string of the molecule is Cc1ccc(-n2ncc3c(=O)n(CCC(=O)Nc4cc(C)nc5ccccc45)c(C)nc32)cc1. The second-order valence-electron chi connectivity index (χ2n) is 8.37. The van der Waals surface area contributed by atoms with E-state index in [0.29, 0.717) is 22.5 Å². The molecule has 0 aliphatic rings. The van der Waals surface area contributed by atoms with Gasteiger partial charge >= 0.3 is 0 Å². The molecule has 0 aliphatic heterocycles. The number of para-hydroxylation sites is 1. The number of anilines is 1. The molecule has 0 saturated carbocycles. The van der Waals surface area contributed by atoms with Crippen molar-refractivity contribution in [2.45, 2.75) is 33.7 Å². The molecule has 5 rings (SSSR count). The van der Waals surface area contributed by atoms with Crippen LogP contribution in [0.25, 0.3) is 27.6 Å².